The number of likely N-dealkylation sites (tertiary alicyclic amines) is 2. The standard InChI is InChI=1S/C55H59ClFN7O8/c1-32-47(33(2)60(6)59-32)48-41(56)18-17-38-37(12-9-25-70-43-13-7-10-34-26-35(57)15-16-36(34)43)50(53(69)72-54(3,4)5)63(49(38)48)24-23-61-29-55(30-61)21-22-62(31-55)46(66)28-71-44-14-8-11-39-40(44)27-64(52(39)68)42-19-20-45(65)58-51(42)67/h7-8,10-11,13-18,26,42H,9,12,19-25,27-31H2,1-6H3,(H,58,65,67). The van der Waals surface area contributed by atoms with Crippen molar-refractivity contribution in [3.8, 4) is 22.6 Å². The van der Waals surface area contributed by atoms with E-state index < -0.39 is 23.5 Å². The summed E-state index contributed by atoms with van der Waals surface area (Å²) in [6.45, 7) is 13.7. The van der Waals surface area contributed by atoms with Crippen LogP contribution in [0.25, 0.3) is 32.8 Å². The lowest BCUT2D eigenvalue weighted by Gasteiger charge is -2.48. The molecule has 6 heterocycles. The molecule has 4 aliphatic rings. The highest BCUT2D eigenvalue weighted by molar-refractivity contribution is 6.35. The number of benzene rings is 4. The summed E-state index contributed by atoms with van der Waals surface area (Å²) in [6.07, 6.45) is 2.31. The Balaban J connectivity index is 0.860. The van der Waals surface area contributed by atoms with Crippen molar-refractivity contribution in [2.24, 2.45) is 12.5 Å². The molecule has 10 rings (SSSR count). The molecule has 1 spiro atoms. The maximum atomic E-state index is 14.7. The van der Waals surface area contributed by atoms with Crippen LogP contribution in [0, 0.1) is 25.1 Å². The van der Waals surface area contributed by atoms with Crippen LogP contribution in [0.5, 0.6) is 11.5 Å². The monoisotopic (exact) mass is 999 g/mol. The van der Waals surface area contributed by atoms with Gasteiger partial charge in [-0.25, -0.2) is 9.18 Å². The summed E-state index contributed by atoms with van der Waals surface area (Å²) in [5.74, 6) is -0.955. The number of ether oxygens (including phenoxy) is 3. The van der Waals surface area contributed by atoms with Crippen LogP contribution in [-0.2, 0) is 45.7 Å². The number of imide groups is 1. The number of rotatable bonds is 14. The molecule has 4 aliphatic heterocycles. The van der Waals surface area contributed by atoms with Gasteiger partial charge in [0.05, 0.1) is 29.4 Å². The predicted molar refractivity (Wildman–Crippen MR) is 270 cm³/mol. The molecule has 1 N–H and O–H groups in total. The van der Waals surface area contributed by atoms with Crippen LogP contribution in [0.4, 0.5) is 4.39 Å². The highest BCUT2D eigenvalue weighted by atomic mass is 35.5. The van der Waals surface area contributed by atoms with Crippen molar-refractivity contribution in [1.29, 1.82) is 0 Å². The molecule has 1 unspecified atom stereocenters. The molecular weight excluding hydrogens is 941 g/mol. The Morgan fingerprint density at radius 2 is 1.69 bits per heavy atom. The van der Waals surface area contributed by atoms with Gasteiger partial charge >= 0.3 is 5.97 Å². The fourth-order valence-corrected chi connectivity index (χ4v) is 11.6. The molecule has 15 nitrogen and oxygen atoms in total. The van der Waals surface area contributed by atoms with E-state index in [1.807, 2.05) is 81.6 Å². The largest absolute Gasteiger partial charge is 0.493 e. The summed E-state index contributed by atoms with van der Waals surface area (Å²) >= 11 is 7.22. The molecule has 376 valence electrons. The minimum Gasteiger partial charge on any atom is -0.493 e. The predicted octanol–water partition coefficient (Wildman–Crippen LogP) is 7.95. The number of nitrogens with one attached hydrogen (secondary N) is 1. The van der Waals surface area contributed by atoms with Crippen LogP contribution in [0.2, 0.25) is 5.02 Å². The van der Waals surface area contributed by atoms with E-state index in [4.69, 9.17) is 30.9 Å². The highest BCUT2D eigenvalue weighted by Gasteiger charge is 2.49. The van der Waals surface area contributed by atoms with Crippen molar-refractivity contribution in [2.45, 2.75) is 91.5 Å². The molecule has 3 saturated heterocycles. The van der Waals surface area contributed by atoms with Crippen molar-refractivity contribution >= 4 is 62.9 Å². The summed E-state index contributed by atoms with van der Waals surface area (Å²) < 4.78 is 36.6. The van der Waals surface area contributed by atoms with E-state index in [-0.39, 0.29) is 54.9 Å². The summed E-state index contributed by atoms with van der Waals surface area (Å²) in [5, 5.41) is 10.1. The Morgan fingerprint density at radius 3 is 2.44 bits per heavy atom. The lowest BCUT2D eigenvalue weighted by Crippen LogP contribution is -2.58. The smallest absolute Gasteiger partial charge is 0.355 e. The average molecular weight is 1000 g/mol. The fourth-order valence-electron chi connectivity index (χ4n) is 11.3. The van der Waals surface area contributed by atoms with E-state index in [0.29, 0.717) is 79.0 Å². The van der Waals surface area contributed by atoms with E-state index in [9.17, 15) is 28.4 Å². The zero-order valence-corrected chi connectivity index (χ0v) is 42.3. The van der Waals surface area contributed by atoms with Gasteiger partial charge in [-0.05, 0) is 114 Å². The van der Waals surface area contributed by atoms with E-state index in [0.717, 1.165) is 69.3 Å². The van der Waals surface area contributed by atoms with Gasteiger partial charge in [0, 0.05) is 96.9 Å². The number of aryl methyl sites for hydroxylation is 3. The minimum atomic E-state index is -0.774. The van der Waals surface area contributed by atoms with Crippen molar-refractivity contribution < 1.29 is 42.6 Å². The Labute approximate surface area is 422 Å². The molecule has 0 radical (unpaired) electrons. The van der Waals surface area contributed by atoms with Gasteiger partial charge in [-0.15, -0.1) is 0 Å². The van der Waals surface area contributed by atoms with Gasteiger partial charge in [-0.1, -0.05) is 35.9 Å². The Bertz CT molecular complexity index is 3200. The number of halogens is 2. The van der Waals surface area contributed by atoms with Gasteiger partial charge in [0.25, 0.3) is 11.8 Å². The Kier molecular flexibility index (Phi) is 12.9. The van der Waals surface area contributed by atoms with E-state index in [1.165, 1.54) is 17.0 Å². The molecule has 0 bridgehead atoms. The minimum absolute atomic E-state index is 0.0902. The SMILES string of the molecule is Cc1nn(C)c(C)c1-c1c(Cl)ccc2c(CCCOc3cccc4cc(F)ccc34)c(C(=O)OC(C)(C)C)n(CCN3CC4(CCN(C(=O)COc5cccc6c5CN(C5CCC(=O)NC5=O)C6=O)C4)C3)c12. The first-order valence-corrected chi connectivity index (χ1v) is 25.0. The summed E-state index contributed by atoms with van der Waals surface area (Å²) in [5.41, 5.74) is 5.78. The number of hydrogen-bond acceptors (Lipinski definition) is 10. The van der Waals surface area contributed by atoms with Gasteiger partial charge in [-0.2, -0.15) is 5.10 Å². The van der Waals surface area contributed by atoms with Crippen LogP contribution in [0.1, 0.15) is 89.8 Å². The lowest BCUT2D eigenvalue weighted by atomic mass is 9.79. The van der Waals surface area contributed by atoms with Gasteiger partial charge in [0.2, 0.25) is 11.8 Å². The number of carbonyl (C=O) groups excluding carboxylic acids is 5. The molecule has 0 saturated carbocycles. The summed E-state index contributed by atoms with van der Waals surface area (Å²) in [4.78, 5) is 71.8. The fraction of sp³-hybridized carbons (Fsp3) is 0.418. The average Bonchev–Trinajstić information content (AvgIpc) is 4.06. The van der Waals surface area contributed by atoms with Gasteiger partial charge in [-0.3, -0.25) is 29.2 Å². The van der Waals surface area contributed by atoms with Gasteiger partial charge in [0.15, 0.2) is 6.61 Å². The van der Waals surface area contributed by atoms with E-state index >= 15 is 0 Å². The maximum Gasteiger partial charge on any atom is 0.355 e. The molecule has 0 aliphatic carbocycles. The molecule has 3 fully saturated rings. The van der Waals surface area contributed by atoms with Crippen LogP contribution in [0.3, 0.4) is 0 Å². The molecule has 1 atom stereocenters. The lowest BCUT2D eigenvalue weighted by molar-refractivity contribution is -0.137. The first-order chi connectivity index (χ1) is 34.4. The molecule has 72 heavy (non-hydrogen) atoms. The van der Waals surface area contributed by atoms with Crippen molar-refractivity contribution in [1.82, 2.24) is 34.4 Å². The highest BCUT2D eigenvalue weighted by Crippen LogP contribution is 2.44. The van der Waals surface area contributed by atoms with Crippen molar-refractivity contribution in [3.63, 3.8) is 0 Å². The normalized spacial score (nSPS) is 17.8. The number of aromatic nitrogens is 3. The number of esters is 1. The number of amides is 4. The van der Waals surface area contributed by atoms with Gasteiger partial charge in [0.1, 0.15) is 34.7 Å². The molecule has 6 aromatic rings. The van der Waals surface area contributed by atoms with Gasteiger partial charge < -0.3 is 33.5 Å². The van der Waals surface area contributed by atoms with Crippen LogP contribution >= 0.6 is 11.6 Å². The quantitative estimate of drug-likeness (QED) is 0.0646. The zero-order valence-electron chi connectivity index (χ0n) is 41.5. The molecule has 4 amide bonds. The molecule has 4 aromatic carbocycles. The third kappa shape index (κ3) is 9.19. The summed E-state index contributed by atoms with van der Waals surface area (Å²) in [6, 6.07) is 18.5. The third-order valence-corrected chi connectivity index (χ3v) is 15.0. The molecule has 17 heteroatoms. The third-order valence-electron chi connectivity index (χ3n) is 14.7. The second-order valence-corrected chi connectivity index (χ2v) is 21.2. The van der Waals surface area contributed by atoms with Crippen molar-refractivity contribution in [3.05, 3.63) is 111 Å². The number of hydrogen-bond donors (Lipinski definition) is 1. The Morgan fingerprint density at radius 1 is 0.931 bits per heavy atom. The molecule has 2 aromatic heterocycles. The van der Waals surface area contributed by atoms with Crippen LogP contribution < -0.4 is 14.8 Å². The first-order valence-electron chi connectivity index (χ1n) is 24.7. The number of piperidine rings is 1. The number of carbonyl (C=O) groups is 5. The summed E-state index contributed by atoms with van der Waals surface area (Å²) in [7, 11) is 1.91. The second kappa shape index (κ2) is 19.0. The topological polar surface area (TPSA) is 158 Å². The zero-order chi connectivity index (χ0) is 50.8. The number of nitrogens with zero attached hydrogens (tertiary/aromatic N) is 6. The van der Waals surface area contributed by atoms with Crippen LogP contribution in [0.15, 0.2) is 66.7 Å². The van der Waals surface area contributed by atoms with E-state index in [1.54, 1.807) is 24.3 Å². The van der Waals surface area contributed by atoms with E-state index in [2.05, 4.69) is 14.8 Å². The molecular formula is C55H59ClFN7O8. The maximum absolute atomic E-state index is 14.7. The second-order valence-electron chi connectivity index (χ2n) is 20.8. The van der Waals surface area contributed by atoms with Crippen LogP contribution in [-0.4, -0.2) is 116 Å². The van der Waals surface area contributed by atoms with Crippen molar-refractivity contribution in [2.75, 3.05) is 45.9 Å². The number of fused-ring (bicyclic) bond motifs is 3. The Hall–Kier alpha value is -6.78. The first kappa shape index (κ1) is 48.8.